The number of rotatable bonds is 6. The van der Waals surface area contributed by atoms with Gasteiger partial charge in [0.15, 0.2) is 0 Å². The van der Waals surface area contributed by atoms with Crippen molar-refractivity contribution in [1.29, 1.82) is 0 Å². The highest BCUT2D eigenvalue weighted by atomic mass is 79.9. The highest BCUT2D eigenvalue weighted by molar-refractivity contribution is 9.10. The maximum absolute atomic E-state index is 12.9. The van der Waals surface area contributed by atoms with Crippen molar-refractivity contribution in [3.8, 4) is 11.5 Å². The van der Waals surface area contributed by atoms with Crippen molar-refractivity contribution < 1.29 is 24.2 Å². The van der Waals surface area contributed by atoms with E-state index in [4.69, 9.17) is 9.47 Å². The molecule has 0 saturated carbocycles. The Hall–Kier alpha value is -2.80. The van der Waals surface area contributed by atoms with Crippen LogP contribution in [-0.2, 0) is 9.59 Å². The lowest BCUT2D eigenvalue weighted by Gasteiger charge is -2.26. The maximum atomic E-state index is 12.9. The zero-order chi connectivity index (χ0) is 21.1. The molecule has 1 aliphatic heterocycles. The van der Waals surface area contributed by atoms with Crippen molar-refractivity contribution in [3.63, 3.8) is 0 Å². The molecule has 1 saturated heterocycles. The summed E-state index contributed by atoms with van der Waals surface area (Å²) < 4.78 is 11.3. The monoisotopic (exact) mass is 459 g/mol. The number of aliphatic hydroxyl groups excluding tert-OH is 1. The first-order valence-corrected chi connectivity index (χ1v) is 9.99. The van der Waals surface area contributed by atoms with Gasteiger partial charge in [-0.3, -0.25) is 9.59 Å². The summed E-state index contributed by atoms with van der Waals surface area (Å²) in [6.45, 7) is 2.32. The van der Waals surface area contributed by atoms with Gasteiger partial charge in [-0.25, -0.2) is 0 Å². The second-order valence-corrected chi connectivity index (χ2v) is 7.44. The molecule has 0 aromatic heterocycles. The molecule has 0 aliphatic carbocycles. The van der Waals surface area contributed by atoms with Crippen LogP contribution in [0.5, 0.6) is 11.5 Å². The Balaban J connectivity index is 2.23. The predicted molar refractivity (Wildman–Crippen MR) is 113 cm³/mol. The molecule has 1 heterocycles. The summed E-state index contributed by atoms with van der Waals surface area (Å²) in [4.78, 5) is 27.2. The minimum absolute atomic E-state index is 0.0463. The van der Waals surface area contributed by atoms with E-state index in [1.165, 1.54) is 19.1 Å². The molecule has 3 rings (SSSR count). The minimum Gasteiger partial charge on any atom is -0.507 e. The molecule has 7 heteroatoms. The maximum Gasteiger partial charge on any atom is 0.295 e. The van der Waals surface area contributed by atoms with E-state index in [2.05, 4.69) is 15.9 Å². The molecule has 6 nitrogen and oxygen atoms in total. The quantitative estimate of drug-likeness (QED) is 0.395. The smallest absolute Gasteiger partial charge is 0.295 e. The average Bonchev–Trinajstić information content (AvgIpc) is 2.98. The SMILES string of the molecule is CCCN1C(=O)C(=O)/C(=C(/O)c2ccc(OC)c(Br)c2)C1c1ccccc1OC. The molecule has 0 bridgehead atoms. The summed E-state index contributed by atoms with van der Waals surface area (Å²) in [6.07, 6.45) is 0.673. The highest BCUT2D eigenvalue weighted by Crippen LogP contribution is 2.43. The molecule has 29 heavy (non-hydrogen) atoms. The number of halogens is 1. The molecular weight excluding hydrogens is 438 g/mol. The van der Waals surface area contributed by atoms with E-state index in [9.17, 15) is 14.7 Å². The number of carbonyl (C=O) groups excluding carboxylic acids is 2. The van der Waals surface area contributed by atoms with Crippen molar-refractivity contribution in [2.75, 3.05) is 20.8 Å². The number of ether oxygens (including phenoxy) is 2. The van der Waals surface area contributed by atoms with Gasteiger partial charge in [-0.2, -0.15) is 0 Å². The third-order valence-electron chi connectivity index (χ3n) is 4.86. The Kier molecular flexibility index (Phi) is 6.27. The molecule has 152 valence electrons. The normalized spacial score (nSPS) is 18.2. The summed E-state index contributed by atoms with van der Waals surface area (Å²) in [7, 11) is 3.07. The Bertz CT molecular complexity index is 985. The Morgan fingerprint density at radius 1 is 1.10 bits per heavy atom. The number of methoxy groups -OCH3 is 2. The van der Waals surface area contributed by atoms with Gasteiger partial charge in [-0.15, -0.1) is 0 Å². The van der Waals surface area contributed by atoms with Gasteiger partial charge < -0.3 is 19.5 Å². The van der Waals surface area contributed by atoms with Crippen LogP contribution in [0.4, 0.5) is 0 Å². The second-order valence-electron chi connectivity index (χ2n) is 6.58. The summed E-state index contributed by atoms with van der Waals surface area (Å²) in [5, 5.41) is 11.1. The second kappa shape index (κ2) is 8.69. The van der Waals surface area contributed by atoms with Crippen molar-refractivity contribution in [2.24, 2.45) is 0 Å². The fourth-order valence-electron chi connectivity index (χ4n) is 3.54. The van der Waals surface area contributed by atoms with Gasteiger partial charge >= 0.3 is 0 Å². The van der Waals surface area contributed by atoms with Crippen LogP contribution in [0.15, 0.2) is 52.5 Å². The van der Waals surface area contributed by atoms with Crippen molar-refractivity contribution in [3.05, 3.63) is 63.6 Å². The lowest BCUT2D eigenvalue weighted by molar-refractivity contribution is -0.139. The Morgan fingerprint density at radius 3 is 2.41 bits per heavy atom. The van der Waals surface area contributed by atoms with E-state index in [0.29, 0.717) is 40.1 Å². The van der Waals surface area contributed by atoms with Crippen LogP contribution in [0.1, 0.15) is 30.5 Å². The number of hydrogen-bond donors (Lipinski definition) is 1. The van der Waals surface area contributed by atoms with E-state index in [1.807, 2.05) is 19.1 Å². The standard InChI is InChI=1S/C22H22BrNO5/c1-4-11-24-19(14-7-5-6-8-16(14)28-2)18(21(26)22(24)27)20(25)13-9-10-17(29-3)15(23)12-13/h5-10,12,19,25H,4,11H2,1-3H3/b20-18+. The first kappa shape index (κ1) is 20.9. The molecule has 1 fully saturated rings. The van der Waals surface area contributed by atoms with Crippen LogP contribution in [-0.4, -0.2) is 42.5 Å². The summed E-state index contributed by atoms with van der Waals surface area (Å²) >= 11 is 3.39. The molecule has 2 aromatic carbocycles. The van der Waals surface area contributed by atoms with Crippen LogP contribution < -0.4 is 9.47 Å². The molecule has 0 radical (unpaired) electrons. The molecule has 1 N–H and O–H groups in total. The highest BCUT2D eigenvalue weighted by Gasteiger charge is 2.46. The number of amides is 1. The number of nitrogens with zero attached hydrogens (tertiary/aromatic N) is 1. The first-order chi connectivity index (χ1) is 13.9. The molecule has 1 unspecified atom stereocenters. The van der Waals surface area contributed by atoms with Gasteiger partial charge in [-0.1, -0.05) is 25.1 Å². The number of benzene rings is 2. The number of aliphatic hydroxyl groups is 1. The first-order valence-electron chi connectivity index (χ1n) is 9.19. The van der Waals surface area contributed by atoms with Gasteiger partial charge in [0.2, 0.25) is 0 Å². The van der Waals surface area contributed by atoms with E-state index in [-0.39, 0.29) is 11.3 Å². The van der Waals surface area contributed by atoms with Gasteiger partial charge in [0.25, 0.3) is 11.7 Å². The fraction of sp³-hybridized carbons (Fsp3) is 0.273. The summed E-state index contributed by atoms with van der Waals surface area (Å²) in [5.74, 6) is -0.437. The van der Waals surface area contributed by atoms with Crippen LogP contribution in [0.3, 0.4) is 0 Å². The number of likely N-dealkylation sites (tertiary alicyclic amines) is 1. The zero-order valence-electron chi connectivity index (χ0n) is 16.4. The average molecular weight is 460 g/mol. The number of Topliss-reactive ketones (excluding diaryl/α,β-unsaturated/α-hetero) is 1. The largest absolute Gasteiger partial charge is 0.507 e. The Morgan fingerprint density at radius 2 is 1.79 bits per heavy atom. The number of carbonyl (C=O) groups is 2. The van der Waals surface area contributed by atoms with Gasteiger partial charge in [-0.05, 0) is 46.6 Å². The topological polar surface area (TPSA) is 76.1 Å². The summed E-state index contributed by atoms with van der Waals surface area (Å²) in [5.41, 5.74) is 1.11. The van der Waals surface area contributed by atoms with E-state index in [0.717, 1.165) is 0 Å². The Labute approximate surface area is 177 Å². The van der Waals surface area contributed by atoms with Gasteiger partial charge in [0.05, 0.1) is 30.3 Å². The minimum atomic E-state index is -0.730. The van der Waals surface area contributed by atoms with E-state index in [1.54, 1.807) is 30.3 Å². The number of ketones is 1. The zero-order valence-corrected chi connectivity index (χ0v) is 18.0. The molecule has 1 atom stereocenters. The molecule has 2 aromatic rings. The molecule has 1 amide bonds. The van der Waals surface area contributed by atoms with Gasteiger partial charge in [0, 0.05) is 17.7 Å². The molecule has 0 spiro atoms. The predicted octanol–water partition coefficient (Wildman–Crippen LogP) is 4.30. The van der Waals surface area contributed by atoms with Crippen LogP contribution >= 0.6 is 15.9 Å². The van der Waals surface area contributed by atoms with Crippen LogP contribution in [0.25, 0.3) is 5.76 Å². The van der Waals surface area contributed by atoms with Crippen LogP contribution in [0.2, 0.25) is 0 Å². The summed E-state index contributed by atoms with van der Waals surface area (Å²) in [6, 6.07) is 11.4. The third-order valence-corrected chi connectivity index (χ3v) is 5.48. The molecule has 1 aliphatic rings. The third kappa shape index (κ3) is 3.74. The van der Waals surface area contributed by atoms with E-state index >= 15 is 0 Å². The van der Waals surface area contributed by atoms with Crippen LogP contribution in [0, 0.1) is 0 Å². The van der Waals surface area contributed by atoms with E-state index < -0.39 is 17.7 Å². The van der Waals surface area contributed by atoms with Crippen molar-refractivity contribution in [2.45, 2.75) is 19.4 Å². The van der Waals surface area contributed by atoms with Gasteiger partial charge in [0.1, 0.15) is 17.3 Å². The van der Waals surface area contributed by atoms with Crippen molar-refractivity contribution >= 4 is 33.4 Å². The number of hydrogen-bond acceptors (Lipinski definition) is 5. The fourth-order valence-corrected chi connectivity index (χ4v) is 4.08. The lowest BCUT2D eigenvalue weighted by atomic mass is 9.94. The number of para-hydroxylation sites is 1. The molecular formula is C22H22BrNO5. The lowest BCUT2D eigenvalue weighted by Crippen LogP contribution is -2.30. The van der Waals surface area contributed by atoms with Crippen molar-refractivity contribution in [1.82, 2.24) is 4.90 Å².